The molecule has 1 atom stereocenters. The van der Waals surface area contributed by atoms with Crippen molar-refractivity contribution < 1.29 is 4.92 Å². The van der Waals surface area contributed by atoms with Crippen LogP contribution in [-0.4, -0.2) is 24.6 Å². The van der Waals surface area contributed by atoms with Crippen molar-refractivity contribution in [3.63, 3.8) is 0 Å². The predicted octanol–water partition coefficient (Wildman–Crippen LogP) is 1.99. The number of hydrogen-bond donors (Lipinski definition) is 2. The van der Waals surface area contributed by atoms with Crippen LogP contribution in [-0.2, 0) is 6.54 Å². The summed E-state index contributed by atoms with van der Waals surface area (Å²) >= 11 is 0. The lowest BCUT2D eigenvalue weighted by molar-refractivity contribution is -0.385. The first-order valence-corrected chi connectivity index (χ1v) is 6.83. The quantitative estimate of drug-likeness (QED) is 0.630. The summed E-state index contributed by atoms with van der Waals surface area (Å²) in [7, 11) is 0. The molecule has 0 saturated carbocycles. The molecular weight excluding hydrogens is 242 g/mol. The molecule has 0 aliphatic carbocycles. The average molecular weight is 263 g/mol. The Morgan fingerprint density at radius 1 is 1.53 bits per heavy atom. The number of rotatable bonds is 5. The van der Waals surface area contributed by atoms with Gasteiger partial charge in [-0.15, -0.1) is 0 Å². The summed E-state index contributed by atoms with van der Waals surface area (Å²) in [5.74, 6) is 0.674. The molecule has 2 N–H and O–H groups in total. The van der Waals surface area contributed by atoms with Gasteiger partial charge in [-0.1, -0.05) is 12.1 Å². The summed E-state index contributed by atoms with van der Waals surface area (Å²) in [6.07, 6.45) is 2.50. The molecule has 1 unspecified atom stereocenters. The van der Waals surface area contributed by atoms with Crippen LogP contribution >= 0.6 is 0 Å². The number of benzene rings is 1. The van der Waals surface area contributed by atoms with Gasteiger partial charge in [-0.25, -0.2) is 0 Å². The Morgan fingerprint density at radius 2 is 2.37 bits per heavy atom. The molecule has 0 bridgehead atoms. The van der Waals surface area contributed by atoms with E-state index in [1.165, 1.54) is 12.8 Å². The summed E-state index contributed by atoms with van der Waals surface area (Å²) in [6.45, 7) is 5.68. The van der Waals surface area contributed by atoms with E-state index in [9.17, 15) is 10.1 Å². The molecule has 104 valence electrons. The molecule has 1 aliphatic rings. The number of nitro benzene ring substituents is 1. The second kappa shape index (κ2) is 6.63. The van der Waals surface area contributed by atoms with Crippen molar-refractivity contribution in [1.29, 1.82) is 0 Å². The van der Waals surface area contributed by atoms with Gasteiger partial charge in [0, 0.05) is 18.2 Å². The molecule has 1 fully saturated rings. The van der Waals surface area contributed by atoms with E-state index < -0.39 is 0 Å². The van der Waals surface area contributed by atoms with E-state index in [-0.39, 0.29) is 10.6 Å². The number of nitrogens with zero attached hydrogens (tertiary/aromatic N) is 1. The van der Waals surface area contributed by atoms with Crippen molar-refractivity contribution >= 4 is 5.69 Å². The molecule has 1 aliphatic heterocycles. The van der Waals surface area contributed by atoms with Gasteiger partial charge < -0.3 is 10.6 Å². The van der Waals surface area contributed by atoms with Gasteiger partial charge in [-0.2, -0.15) is 0 Å². The van der Waals surface area contributed by atoms with Crippen LogP contribution in [0.25, 0.3) is 0 Å². The molecule has 0 spiro atoms. The van der Waals surface area contributed by atoms with Gasteiger partial charge >= 0.3 is 0 Å². The summed E-state index contributed by atoms with van der Waals surface area (Å²) in [4.78, 5) is 10.6. The Labute approximate surface area is 113 Å². The first kappa shape index (κ1) is 14.0. The van der Waals surface area contributed by atoms with Crippen LogP contribution in [0.2, 0.25) is 0 Å². The zero-order valence-corrected chi connectivity index (χ0v) is 11.3. The molecule has 1 heterocycles. The minimum absolute atomic E-state index is 0.207. The van der Waals surface area contributed by atoms with E-state index in [1.807, 2.05) is 13.0 Å². The Morgan fingerprint density at radius 3 is 3.05 bits per heavy atom. The van der Waals surface area contributed by atoms with Gasteiger partial charge in [0.05, 0.1) is 4.92 Å². The Kier molecular flexibility index (Phi) is 4.87. The lowest BCUT2D eigenvalue weighted by Gasteiger charge is -2.23. The number of nitro groups is 1. The largest absolute Gasteiger partial charge is 0.316 e. The van der Waals surface area contributed by atoms with E-state index in [1.54, 1.807) is 12.1 Å². The van der Waals surface area contributed by atoms with Gasteiger partial charge in [0.25, 0.3) is 5.69 Å². The lowest BCUT2D eigenvalue weighted by atomic mass is 9.99. The molecule has 2 rings (SSSR count). The van der Waals surface area contributed by atoms with Crippen LogP contribution in [0, 0.1) is 23.0 Å². The third kappa shape index (κ3) is 3.75. The van der Waals surface area contributed by atoms with Gasteiger partial charge in [-0.05, 0) is 50.9 Å². The Bertz CT molecular complexity index is 442. The first-order chi connectivity index (χ1) is 9.18. The van der Waals surface area contributed by atoms with Crippen molar-refractivity contribution in [3.8, 4) is 0 Å². The summed E-state index contributed by atoms with van der Waals surface area (Å²) in [6, 6.07) is 5.27. The smallest absolute Gasteiger partial charge is 0.272 e. The number of nitrogens with one attached hydrogen (secondary N) is 2. The van der Waals surface area contributed by atoms with Crippen LogP contribution < -0.4 is 10.6 Å². The molecule has 5 heteroatoms. The van der Waals surface area contributed by atoms with Crippen molar-refractivity contribution in [1.82, 2.24) is 10.6 Å². The topological polar surface area (TPSA) is 67.2 Å². The highest BCUT2D eigenvalue weighted by Gasteiger charge is 2.14. The number of piperidine rings is 1. The molecular formula is C14H21N3O2. The van der Waals surface area contributed by atoms with E-state index in [0.29, 0.717) is 12.5 Å². The van der Waals surface area contributed by atoms with Gasteiger partial charge in [0.1, 0.15) is 0 Å². The van der Waals surface area contributed by atoms with Crippen LogP contribution in [0.3, 0.4) is 0 Å². The third-order valence-electron chi connectivity index (χ3n) is 3.76. The lowest BCUT2D eigenvalue weighted by Crippen LogP contribution is -2.35. The fourth-order valence-electron chi connectivity index (χ4n) is 2.57. The van der Waals surface area contributed by atoms with Crippen LogP contribution in [0.5, 0.6) is 0 Å². The highest BCUT2D eigenvalue weighted by atomic mass is 16.6. The molecule has 5 nitrogen and oxygen atoms in total. The molecule has 1 saturated heterocycles. The van der Waals surface area contributed by atoms with E-state index in [2.05, 4.69) is 10.6 Å². The van der Waals surface area contributed by atoms with Crippen molar-refractivity contribution in [2.45, 2.75) is 26.3 Å². The monoisotopic (exact) mass is 263 g/mol. The fourth-order valence-corrected chi connectivity index (χ4v) is 2.57. The minimum atomic E-state index is -0.316. The average Bonchev–Trinajstić information content (AvgIpc) is 2.41. The highest BCUT2D eigenvalue weighted by molar-refractivity contribution is 5.44. The SMILES string of the molecule is Cc1c(CNCC2CCCNC2)cccc1[N+](=O)[O-]. The maximum absolute atomic E-state index is 10.9. The third-order valence-corrected chi connectivity index (χ3v) is 3.76. The maximum atomic E-state index is 10.9. The molecule has 19 heavy (non-hydrogen) atoms. The van der Waals surface area contributed by atoms with Crippen molar-refractivity contribution in [3.05, 3.63) is 39.4 Å². The second-order valence-corrected chi connectivity index (χ2v) is 5.16. The minimum Gasteiger partial charge on any atom is -0.316 e. The molecule has 0 aromatic heterocycles. The summed E-state index contributed by atoms with van der Waals surface area (Å²) in [5.41, 5.74) is 1.98. The normalized spacial score (nSPS) is 19.3. The molecule has 1 aromatic carbocycles. The zero-order chi connectivity index (χ0) is 13.7. The van der Waals surface area contributed by atoms with Crippen LogP contribution in [0.1, 0.15) is 24.0 Å². The Balaban J connectivity index is 1.88. The number of hydrogen-bond acceptors (Lipinski definition) is 4. The first-order valence-electron chi connectivity index (χ1n) is 6.83. The van der Waals surface area contributed by atoms with Gasteiger partial charge in [0.15, 0.2) is 0 Å². The summed E-state index contributed by atoms with van der Waals surface area (Å²) in [5, 5.41) is 17.7. The second-order valence-electron chi connectivity index (χ2n) is 5.16. The predicted molar refractivity (Wildman–Crippen MR) is 75.1 cm³/mol. The molecule has 1 aromatic rings. The van der Waals surface area contributed by atoms with Crippen molar-refractivity contribution in [2.24, 2.45) is 5.92 Å². The zero-order valence-electron chi connectivity index (χ0n) is 11.3. The highest BCUT2D eigenvalue weighted by Crippen LogP contribution is 2.21. The van der Waals surface area contributed by atoms with Crippen LogP contribution in [0.4, 0.5) is 5.69 Å². The van der Waals surface area contributed by atoms with E-state index >= 15 is 0 Å². The molecule has 0 radical (unpaired) electrons. The van der Waals surface area contributed by atoms with E-state index in [0.717, 1.165) is 30.8 Å². The van der Waals surface area contributed by atoms with Crippen LogP contribution in [0.15, 0.2) is 18.2 Å². The molecule has 0 amide bonds. The van der Waals surface area contributed by atoms with Gasteiger partial charge in [-0.3, -0.25) is 10.1 Å². The fraction of sp³-hybridized carbons (Fsp3) is 0.571. The maximum Gasteiger partial charge on any atom is 0.272 e. The Hall–Kier alpha value is -1.46. The van der Waals surface area contributed by atoms with Crippen molar-refractivity contribution in [2.75, 3.05) is 19.6 Å². The standard InChI is InChI=1S/C14H21N3O2/c1-11-13(5-2-6-14(11)17(18)19)10-16-9-12-4-3-7-15-8-12/h2,5-6,12,15-16H,3-4,7-10H2,1H3. The summed E-state index contributed by atoms with van der Waals surface area (Å²) < 4.78 is 0. The van der Waals surface area contributed by atoms with E-state index in [4.69, 9.17) is 0 Å². The van der Waals surface area contributed by atoms with Gasteiger partial charge in [0.2, 0.25) is 0 Å².